The molecule has 0 unspecified atom stereocenters. The Morgan fingerprint density at radius 1 is 1.40 bits per heavy atom. The number of hydrogen-bond acceptors (Lipinski definition) is 3. The maximum atomic E-state index is 12.1. The Bertz CT molecular complexity index is 667. The van der Waals surface area contributed by atoms with Crippen LogP contribution >= 0.6 is 15.9 Å². The van der Waals surface area contributed by atoms with E-state index in [0.29, 0.717) is 6.54 Å². The van der Waals surface area contributed by atoms with Crippen LogP contribution in [0, 0.1) is 10.1 Å². The van der Waals surface area contributed by atoms with Crippen LogP contribution < -0.4 is 5.32 Å². The highest BCUT2D eigenvalue weighted by atomic mass is 79.9. The van der Waals surface area contributed by atoms with E-state index in [2.05, 4.69) is 21.2 Å². The average molecular weight is 338 g/mol. The first-order chi connectivity index (χ1) is 9.50. The Morgan fingerprint density at radius 3 is 2.75 bits per heavy atom. The molecule has 1 amide bonds. The summed E-state index contributed by atoms with van der Waals surface area (Å²) in [5.41, 5.74) is 1.06. The lowest BCUT2D eigenvalue weighted by atomic mass is 10.2. The van der Waals surface area contributed by atoms with E-state index in [1.54, 1.807) is 0 Å². The molecule has 20 heavy (non-hydrogen) atoms. The molecule has 2 aromatic rings. The molecule has 104 valence electrons. The van der Waals surface area contributed by atoms with Gasteiger partial charge < -0.3 is 9.88 Å². The predicted molar refractivity (Wildman–Crippen MR) is 77.4 cm³/mol. The van der Waals surface area contributed by atoms with Gasteiger partial charge in [0, 0.05) is 25.0 Å². The molecular weight excluding hydrogens is 326 g/mol. The molecule has 0 spiro atoms. The number of hydrogen-bond donors (Lipinski definition) is 1. The van der Waals surface area contributed by atoms with Gasteiger partial charge in [0.05, 0.1) is 17.0 Å². The minimum atomic E-state index is -0.530. The second-order valence-corrected chi connectivity index (χ2v) is 4.98. The third-order valence-corrected chi connectivity index (χ3v) is 3.73. The van der Waals surface area contributed by atoms with E-state index >= 15 is 0 Å². The summed E-state index contributed by atoms with van der Waals surface area (Å²) in [6, 6.07) is 8.14. The van der Waals surface area contributed by atoms with Crippen molar-refractivity contribution in [1.29, 1.82) is 0 Å². The molecule has 0 aliphatic heterocycles. The number of carbonyl (C=O) groups is 1. The number of nitro groups is 1. The largest absolute Gasteiger partial charge is 0.353 e. The first-order valence-corrected chi connectivity index (χ1v) is 6.61. The molecule has 0 saturated heterocycles. The minimum absolute atomic E-state index is 0.128. The fourth-order valence-electron chi connectivity index (χ4n) is 1.78. The molecule has 2 rings (SSSR count). The molecule has 1 N–H and O–H groups in total. The molecule has 1 heterocycles. The van der Waals surface area contributed by atoms with E-state index in [1.165, 1.54) is 18.2 Å². The SMILES string of the molecule is Cn1cccc1CNC(=O)c1cccc([N+](=O)[O-])c1Br. The Balaban J connectivity index is 2.16. The van der Waals surface area contributed by atoms with Crippen LogP contribution in [-0.4, -0.2) is 15.4 Å². The third-order valence-electron chi connectivity index (χ3n) is 2.90. The second kappa shape index (κ2) is 5.87. The highest BCUT2D eigenvalue weighted by molar-refractivity contribution is 9.10. The number of aromatic nitrogens is 1. The summed E-state index contributed by atoms with van der Waals surface area (Å²) in [6.07, 6.45) is 1.88. The van der Waals surface area contributed by atoms with Gasteiger partial charge in [0.25, 0.3) is 11.6 Å². The zero-order chi connectivity index (χ0) is 14.7. The number of carbonyl (C=O) groups excluding carboxylic acids is 1. The number of nitrogens with zero attached hydrogens (tertiary/aromatic N) is 2. The first kappa shape index (κ1) is 14.3. The van der Waals surface area contributed by atoms with E-state index in [1.807, 2.05) is 29.9 Å². The van der Waals surface area contributed by atoms with Crippen LogP contribution in [0.5, 0.6) is 0 Å². The van der Waals surface area contributed by atoms with Crippen molar-refractivity contribution in [2.24, 2.45) is 7.05 Å². The van der Waals surface area contributed by atoms with E-state index in [9.17, 15) is 14.9 Å². The van der Waals surface area contributed by atoms with Crippen molar-refractivity contribution in [3.8, 4) is 0 Å². The predicted octanol–water partition coefficient (Wildman–Crippen LogP) is 2.63. The van der Waals surface area contributed by atoms with Crippen molar-refractivity contribution in [2.45, 2.75) is 6.54 Å². The van der Waals surface area contributed by atoms with Gasteiger partial charge in [-0.05, 0) is 34.1 Å². The maximum absolute atomic E-state index is 12.1. The molecular formula is C13H12BrN3O3. The van der Waals surface area contributed by atoms with Crippen LogP contribution in [0.4, 0.5) is 5.69 Å². The standard InChI is InChI=1S/C13H12BrN3O3/c1-16-7-3-4-9(16)8-15-13(18)10-5-2-6-11(12(10)14)17(19)20/h2-7H,8H2,1H3,(H,15,18). The van der Waals surface area contributed by atoms with Crippen LogP contribution in [0.15, 0.2) is 41.0 Å². The molecule has 1 aromatic carbocycles. The monoisotopic (exact) mass is 337 g/mol. The quantitative estimate of drug-likeness (QED) is 0.688. The summed E-state index contributed by atoms with van der Waals surface area (Å²) in [7, 11) is 1.88. The van der Waals surface area contributed by atoms with Crippen LogP contribution in [0.3, 0.4) is 0 Å². The average Bonchev–Trinajstić information content (AvgIpc) is 2.81. The number of nitrogens with one attached hydrogen (secondary N) is 1. The van der Waals surface area contributed by atoms with Crippen molar-refractivity contribution in [1.82, 2.24) is 9.88 Å². The summed E-state index contributed by atoms with van der Waals surface area (Å²) in [5.74, 6) is -0.359. The van der Waals surface area contributed by atoms with Gasteiger partial charge in [-0.15, -0.1) is 0 Å². The van der Waals surface area contributed by atoms with Crippen LogP contribution in [0.1, 0.15) is 16.1 Å². The highest BCUT2D eigenvalue weighted by Crippen LogP contribution is 2.28. The molecule has 0 bridgehead atoms. The number of halogens is 1. The summed E-state index contributed by atoms with van der Waals surface area (Å²) >= 11 is 3.11. The number of benzene rings is 1. The van der Waals surface area contributed by atoms with Gasteiger partial charge in [0.15, 0.2) is 0 Å². The van der Waals surface area contributed by atoms with Crippen LogP contribution in [0.2, 0.25) is 0 Å². The number of rotatable bonds is 4. The molecule has 7 heteroatoms. The van der Waals surface area contributed by atoms with E-state index in [-0.39, 0.29) is 21.6 Å². The Kier molecular flexibility index (Phi) is 4.19. The Labute approximate surface area is 123 Å². The lowest BCUT2D eigenvalue weighted by Crippen LogP contribution is -2.24. The first-order valence-electron chi connectivity index (χ1n) is 5.82. The minimum Gasteiger partial charge on any atom is -0.353 e. The summed E-state index contributed by atoms with van der Waals surface area (Å²) in [6.45, 7) is 0.359. The maximum Gasteiger partial charge on any atom is 0.284 e. The molecule has 0 radical (unpaired) electrons. The van der Waals surface area contributed by atoms with Gasteiger partial charge in [0.1, 0.15) is 4.47 Å². The molecule has 1 aromatic heterocycles. The summed E-state index contributed by atoms with van der Waals surface area (Å²) < 4.78 is 2.08. The second-order valence-electron chi connectivity index (χ2n) is 4.19. The number of amides is 1. The van der Waals surface area contributed by atoms with Gasteiger partial charge in [0.2, 0.25) is 0 Å². The summed E-state index contributed by atoms with van der Waals surface area (Å²) in [4.78, 5) is 22.4. The lowest BCUT2D eigenvalue weighted by molar-refractivity contribution is -0.385. The molecule has 6 nitrogen and oxygen atoms in total. The van der Waals surface area contributed by atoms with E-state index < -0.39 is 4.92 Å². The topological polar surface area (TPSA) is 77.2 Å². The zero-order valence-corrected chi connectivity index (χ0v) is 12.3. The molecule has 0 aliphatic carbocycles. The molecule has 0 saturated carbocycles. The molecule has 0 atom stereocenters. The normalized spacial score (nSPS) is 10.3. The van der Waals surface area contributed by atoms with E-state index in [0.717, 1.165) is 5.69 Å². The Hall–Kier alpha value is -2.15. The van der Waals surface area contributed by atoms with Crippen molar-refractivity contribution >= 4 is 27.5 Å². The number of aryl methyl sites for hydroxylation is 1. The third kappa shape index (κ3) is 2.88. The smallest absolute Gasteiger partial charge is 0.284 e. The fraction of sp³-hybridized carbons (Fsp3) is 0.154. The summed E-state index contributed by atoms with van der Waals surface area (Å²) in [5, 5.41) is 13.6. The van der Waals surface area contributed by atoms with Crippen LogP contribution in [0.25, 0.3) is 0 Å². The van der Waals surface area contributed by atoms with Gasteiger partial charge in [-0.1, -0.05) is 6.07 Å². The highest BCUT2D eigenvalue weighted by Gasteiger charge is 2.19. The zero-order valence-electron chi connectivity index (χ0n) is 10.7. The fourth-order valence-corrected chi connectivity index (χ4v) is 2.37. The van der Waals surface area contributed by atoms with Crippen molar-refractivity contribution in [2.75, 3.05) is 0 Å². The van der Waals surface area contributed by atoms with Crippen molar-refractivity contribution in [3.05, 3.63) is 62.4 Å². The van der Waals surface area contributed by atoms with Gasteiger partial charge in [-0.3, -0.25) is 14.9 Å². The van der Waals surface area contributed by atoms with Crippen LogP contribution in [-0.2, 0) is 13.6 Å². The Morgan fingerprint density at radius 2 is 2.15 bits per heavy atom. The van der Waals surface area contributed by atoms with Gasteiger partial charge in [-0.25, -0.2) is 0 Å². The molecule has 0 fully saturated rings. The van der Waals surface area contributed by atoms with Gasteiger partial charge in [-0.2, -0.15) is 0 Å². The number of nitro benzene ring substituents is 1. The van der Waals surface area contributed by atoms with Gasteiger partial charge >= 0.3 is 0 Å². The van der Waals surface area contributed by atoms with E-state index in [4.69, 9.17) is 0 Å². The molecule has 0 aliphatic rings. The van der Waals surface area contributed by atoms with Crippen molar-refractivity contribution < 1.29 is 9.72 Å². The van der Waals surface area contributed by atoms with Crippen molar-refractivity contribution in [3.63, 3.8) is 0 Å². The lowest BCUT2D eigenvalue weighted by Gasteiger charge is -2.08.